The molecule has 7 heteroatoms. The molecule has 0 saturated heterocycles. The van der Waals surface area contributed by atoms with Gasteiger partial charge in [-0.15, -0.1) is 0 Å². The number of anilines is 1. The molecule has 36 heavy (non-hydrogen) atoms. The molecule has 182 valence electrons. The highest BCUT2D eigenvalue weighted by atomic mass is 15.3. The zero-order valence-electron chi connectivity index (χ0n) is 21.0. The lowest BCUT2D eigenvalue weighted by Gasteiger charge is -2.37. The van der Waals surface area contributed by atoms with Gasteiger partial charge in [0, 0.05) is 23.1 Å². The van der Waals surface area contributed by atoms with Crippen LogP contribution in [0.4, 0.5) is 5.82 Å². The monoisotopic (exact) mass is 477 g/mol. The molecule has 3 aromatic heterocycles. The minimum Gasteiger partial charge on any atom is -0.383 e. The zero-order chi connectivity index (χ0) is 24.8. The van der Waals surface area contributed by atoms with Crippen LogP contribution in [0.1, 0.15) is 31.4 Å². The number of benzene rings is 2. The van der Waals surface area contributed by atoms with E-state index in [2.05, 4.69) is 76.8 Å². The number of fused-ring (bicyclic) bond motifs is 2. The van der Waals surface area contributed by atoms with E-state index in [1.54, 1.807) is 6.33 Å². The number of nitrogen functional groups attached to an aromatic ring is 1. The summed E-state index contributed by atoms with van der Waals surface area (Å²) in [5, 5.41) is 7.05. The lowest BCUT2D eigenvalue weighted by Crippen LogP contribution is -2.35. The van der Waals surface area contributed by atoms with Crippen molar-refractivity contribution in [3.63, 3.8) is 0 Å². The molecule has 2 N–H and O–H groups in total. The molecule has 0 bridgehead atoms. The standard InChI is InChI=1S/C29H31N7/c1-4-35(3)16-19-14-22(15-19)36-29-25(28(30)31-17-32-29)27(34-36)23-12-10-21-11-13-24(33-26(21)18(23)2)20-8-6-5-7-9-20/h5-13,17,19,22H,4,14-16H2,1-3H3,(H2,30,31,32). The molecular formula is C29H31N7. The molecular weight excluding hydrogens is 446 g/mol. The highest BCUT2D eigenvalue weighted by molar-refractivity contribution is 6.01. The van der Waals surface area contributed by atoms with Gasteiger partial charge in [0.05, 0.1) is 22.6 Å². The first-order valence-corrected chi connectivity index (χ1v) is 12.7. The third-order valence-electron chi connectivity index (χ3n) is 7.62. The predicted molar refractivity (Wildman–Crippen MR) is 146 cm³/mol. The van der Waals surface area contributed by atoms with Crippen LogP contribution < -0.4 is 5.73 Å². The minimum absolute atomic E-state index is 0.328. The number of pyridine rings is 1. The summed E-state index contributed by atoms with van der Waals surface area (Å²) in [5.41, 5.74) is 13.2. The van der Waals surface area contributed by atoms with E-state index in [0.717, 1.165) is 75.9 Å². The second kappa shape index (κ2) is 8.99. The topological polar surface area (TPSA) is 85.8 Å². The molecule has 1 aliphatic carbocycles. The Hall–Kier alpha value is -3.84. The Morgan fingerprint density at radius 2 is 1.81 bits per heavy atom. The number of nitrogens with two attached hydrogens (primary N) is 1. The molecule has 0 aliphatic heterocycles. The van der Waals surface area contributed by atoms with Gasteiger partial charge in [-0.05, 0) is 50.9 Å². The van der Waals surface area contributed by atoms with E-state index in [1.165, 1.54) is 0 Å². The fraction of sp³-hybridized carbons (Fsp3) is 0.310. The van der Waals surface area contributed by atoms with Crippen LogP contribution >= 0.6 is 0 Å². The Morgan fingerprint density at radius 1 is 1.03 bits per heavy atom. The maximum absolute atomic E-state index is 6.41. The van der Waals surface area contributed by atoms with Gasteiger partial charge in [-0.3, -0.25) is 0 Å². The van der Waals surface area contributed by atoms with Gasteiger partial charge in [-0.25, -0.2) is 19.6 Å². The Kier molecular flexibility index (Phi) is 5.64. The van der Waals surface area contributed by atoms with Crippen LogP contribution in [0.3, 0.4) is 0 Å². The molecule has 6 rings (SSSR count). The number of nitrogens with zero attached hydrogens (tertiary/aromatic N) is 6. The van der Waals surface area contributed by atoms with Crippen molar-refractivity contribution in [2.45, 2.75) is 32.7 Å². The van der Waals surface area contributed by atoms with E-state index in [0.29, 0.717) is 17.8 Å². The minimum atomic E-state index is 0.328. The first kappa shape index (κ1) is 22.6. The molecule has 1 saturated carbocycles. The van der Waals surface area contributed by atoms with Crippen LogP contribution in [-0.4, -0.2) is 49.8 Å². The number of hydrogen-bond acceptors (Lipinski definition) is 6. The fourth-order valence-electron chi connectivity index (χ4n) is 5.41. The predicted octanol–water partition coefficient (Wildman–Crippen LogP) is 5.50. The summed E-state index contributed by atoms with van der Waals surface area (Å²) < 4.78 is 2.09. The fourth-order valence-corrected chi connectivity index (χ4v) is 5.41. The SMILES string of the molecule is CCN(C)CC1CC(n2nc(-c3ccc4ccc(-c5ccccc5)nc4c3C)c3c(N)ncnc32)C1. The van der Waals surface area contributed by atoms with E-state index in [9.17, 15) is 0 Å². The molecule has 1 aliphatic rings. The summed E-state index contributed by atoms with van der Waals surface area (Å²) >= 11 is 0. The maximum Gasteiger partial charge on any atom is 0.164 e. The molecule has 2 aromatic carbocycles. The van der Waals surface area contributed by atoms with Crippen molar-refractivity contribution in [2.24, 2.45) is 5.92 Å². The van der Waals surface area contributed by atoms with Crippen LogP contribution in [-0.2, 0) is 0 Å². The third-order valence-corrected chi connectivity index (χ3v) is 7.62. The van der Waals surface area contributed by atoms with E-state index in [1.807, 2.05) is 18.2 Å². The van der Waals surface area contributed by atoms with E-state index < -0.39 is 0 Å². The summed E-state index contributed by atoms with van der Waals surface area (Å²) in [6, 6.07) is 19.1. The van der Waals surface area contributed by atoms with Crippen molar-refractivity contribution in [3.05, 3.63) is 66.5 Å². The normalized spacial score (nSPS) is 17.7. The van der Waals surface area contributed by atoms with Gasteiger partial charge in [0.25, 0.3) is 0 Å². The van der Waals surface area contributed by atoms with Crippen LogP contribution in [0, 0.1) is 12.8 Å². The largest absolute Gasteiger partial charge is 0.383 e. The first-order chi connectivity index (χ1) is 17.5. The maximum atomic E-state index is 6.41. The van der Waals surface area contributed by atoms with Gasteiger partial charge >= 0.3 is 0 Å². The van der Waals surface area contributed by atoms with Crippen molar-refractivity contribution in [1.29, 1.82) is 0 Å². The molecule has 7 nitrogen and oxygen atoms in total. The van der Waals surface area contributed by atoms with Crippen LogP contribution in [0.25, 0.3) is 44.5 Å². The summed E-state index contributed by atoms with van der Waals surface area (Å²) in [4.78, 5) is 16.4. The average Bonchev–Trinajstić information content (AvgIpc) is 3.26. The highest BCUT2D eigenvalue weighted by Gasteiger charge is 2.34. The van der Waals surface area contributed by atoms with Crippen molar-refractivity contribution >= 4 is 27.8 Å². The molecule has 1 fully saturated rings. The van der Waals surface area contributed by atoms with E-state index in [4.69, 9.17) is 15.8 Å². The molecule has 0 amide bonds. The lowest BCUT2D eigenvalue weighted by atomic mass is 9.80. The highest BCUT2D eigenvalue weighted by Crippen LogP contribution is 2.42. The lowest BCUT2D eigenvalue weighted by molar-refractivity contribution is 0.141. The van der Waals surface area contributed by atoms with Crippen LogP contribution in [0.5, 0.6) is 0 Å². The van der Waals surface area contributed by atoms with Gasteiger partial charge in [0.2, 0.25) is 0 Å². The van der Waals surface area contributed by atoms with E-state index >= 15 is 0 Å². The zero-order valence-corrected chi connectivity index (χ0v) is 21.0. The molecule has 5 aromatic rings. The van der Waals surface area contributed by atoms with Crippen LogP contribution in [0.2, 0.25) is 0 Å². The van der Waals surface area contributed by atoms with Crippen LogP contribution in [0.15, 0.2) is 60.9 Å². The molecule has 0 spiro atoms. The van der Waals surface area contributed by atoms with Gasteiger partial charge in [0.1, 0.15) is 17.8 Å². The van der Waals surface area contributed by atoms with Gasteiger partial charge in [-0.1, -0.05) is 55.5 Å². The second-order valence-corrected chi connectivity index (χ2v) is 9.97. The summed E-state index contributed by atoms with van der Waals surface area (Å²) in [6.07, 6.45) is 3.74. The Balaban J connectivity index is 1.44. The van der Waals surface area contributed by atoms with Gasteiger partial charge in [-0.2, -0.15) is 5.10 Å². The first-order valence-electron chi connectivity index (χ1n) is 12.7. The number of aromatic nitrogens is 5. The van der Waals surface area contributed by atoms with Crippen molar-refractivity contribution < 1.29 is 0 Å². The van der Waals surface area contributed by atoms with Crippen molar-refractivity contribution in [1.82, 2.24) is 29.6 Å². The molecule has 0 atom stereocenters. The molecule has 0 unspecified atom stereocenters. The number of aryl methyl sites for hydroxylation is 1. The summed E-state index contributed by atoms with van der Waals surface area (Å²) in [6.45, 7) is 6.51. The Bertz CT molecular complexity index is 1550. The third kappa shape index (κ3) is 3.80. The quantitative estimate of drug-likeness (QED) is 0.347. The molecule has 3 heterocycles. The molecule has 0 radical (unpaired) electrons. The number of hydrogen-bond donors (Lipinski definition) is 1. The van der Waals surface area contributed by atoms with Gasteiger partial charge < -0.3 is 10.6 Å². The van der Waals surface area contributed by atoms with E-state index in [-0.39, 0.29) is 0 Å². The summed E-state index contributed by atoms with van der Waals surface area (Å²) in [5.74, 6) is 1.15. The number of rotatable bonds is 6. The van der Waals surface area contributed by atoms with Crippen molar-refractivity contribution in [3.8, 4) is 22.5 Å². The second-order valence-electron chi connectivity index (χ2n) is 9.97. The average molecular weight is 478 g/mol. The smallest absolute Gasteiger partial charge is 0.164 e. The Labute approximate surface area is 211 Å². The summed E-state index contributed by atoms with van der Waals surface area (Å²) in [7, 11) is 2.18. The van der Waals surface area contributed by atoms with Crippen molar-refractivity contribution in [2.75, 3.05) is 25.9 Å². The Morgan fingerprint density at radius 3 is 2.58 bits per heavy atom. The van der Waals surface area contributed by atoms with Gasteiger partial charge in [0.15, 0.2) is 5.65 Å².